The second-order valence-electron chi connectivity index (χ2n) is 5.95. The van der Waals surface area contributed by atoms with E-state index in [9.17, 15) is 0 Å². The van der Waals surface area contributed by atoms with Gasteiger partial charge in [0.15, 0.2) is 0 Å². The molecule has 104 valence electrons. The molecule has 2 unspecified atom stereocenters. The van der Waals surface area contributed by atoms with E-state index in [0.717, 1.165) is 18.5 Å². The SMILES string of the molecule is CCC1CN2CCCC2CN1CCc1ccncc1. The maximum atomic E-state index is 4.09. The van der Waals surface area contributed by atoms with Crippen LogP contribution in [0.4, 0.5) is 0 Å². The average molecular weight is 259 g/mol. The molecule has 0 aliphatic carbocycles. The zero-order valence-electron chi connectivity index (χ0n) is 12.0. The lowest BCUT2D eigenvalue weighted by Crippen LogP contribution is -2.56. The van der Waals surface area contributed by atoms with Crippen molar-refractivity contribution in [2.75, 3.05) is 26.2 Å². The van der Waals surface area contributed by atoms with Crippen LogP contribution in [0.15, 0.2) is 24.5 Å². The van der Waals surface area contributed by atoms with Gasteiger partial charge in [0, 0.05) is 44.1 Å². The molecule has 19 heavy (non-hydrogen) atoms. The van der Waals surface area contributed by atoms with Gasteiger partial charge in [0.2, 0.25) is 0 Å². The summed E-state index contributed by atoms with van der Waals surface area (Å²) in [6, 6.07) is 5.89. The summed E-state index contributed by atoms with van der Waals surface area (Å²) in [4.78, 5) is 9.54. The molecule has 0 radical (unpaired) electrons. The fourth-order valence-corrected chi connectivity index (χ4v) is 3.63. The van der Waals surface area contributed by atoms with Crippen LogP contribution >= 0.6 is 0 Å². The fourth-order valence-electron chi connectivity index (χ4n) is 3.63. The lowest BCUT2D eigenvalue weighted by Gasteiger charge is -2.43. The van der Waals surface area contributed by atoms with Crippen LogP contribution < -0.4 is 0 Å². The highest BCUT2D eigenvalue weighted by Crippen LogP contribution is 2.25. The minimum absolute atomic E-state index is 0.760. The standard InChI is InChI=1S/C16H25N3/c1-2-15-12-18-10-3-4-16(18)13-19(15)11-7-14-5-8-17-9-6-14/h5-6,8-9,15-16H,2-4,7,10-13H2,1H3. The molecule has 1 aromatic rings. The molecule has 2 aliphatic rings. The number of hydrogen-bond donors (Lipinski definition) is 0. The molecule has 0 bridgehead atoms. The van der Waals surface area contributed by atoms with Gasteiger partial charge in [-0.1, -0.05) is 6.92 Å². The Morgan fingerprint density at radius 3 is 2.89 bits per heavy atom. The van der Waals surface area contributed by atoms with E-state index in [4.69, 9.17) is 0 Å². The third kappa shape index (κ3) is 2.98. The van der Waals surface area contributed by atoms with Gasteiger partial charge < -0.3 is 0 Å². The number of hydrogen-bond acceptors (Lipinski definition) is 3. The second-order valence-corrected chi connectivity index (χ2v) is 5.95. The quantitative estimate of drug-likeness (QED) is 0.826. The van der Waals surface area contributed by atoms with E-state index in [1.54, 1.807) is 0 Å². The predicted octanol–water partition coefficient (Wildman–Crippen LogP) is 2.18. The molecule has 3 rings (SSSR count). The van der Waals surface area contributed by atoms with Crippen LogP contribution in [0.5, 0.6) is 0 Å². The van der Waals surface area contributed by atoms with Gasteiger partial charge in [0.1, 0.15) is 0 Å². The third-order valence-electron chi connectivity index (χ3n) is 4.81. The van der Waals surface area contributed by atoms with E-state index in [1.165, 1.54) is 51.0 Å². The van der Waals surface area contributed by atoms with Crippen molar-refractivity contribution in [1.29, 1.82) is 0 Å². The van der Waals surface area contributed by atoms with Crippen molar-refractivity contribution in [3.8, 4) is 0 Å². The number of nitrogens with zero attached hydrogens (tertiary/aromatic N) is 3. The van der Waals surface area contributed by atoms with E-state index >= 15 is 0 Å². The van der Waals surface area contributed by atoms with Gasteiger partial charge in [-0.25, -0.2) is 0 Å². The first-order chi connectivity index (χ1) is 9.36. The van der Waals surface area contributed by atoms with Crippen LogP contribution in [0.25, 0.3) is 0 Å². The lowest BCUT2D eigenvalue weighted by atomic mass is 10.0. The van der Waals surface area contributed by atoms with Crippen LogP contribution in [0.1, 0.15) is 31.7 Å². The molecule has 0 amide bonds. The zero-order valence-corrected chi connectivity index (χ0v) is 12.0. The van der Waals surface area contributed by atoms with E-state index in [-0.39, 0.29) is 0 Å². The highest BCUT2D eigenvalue weighted by atomic mass is 15.3. The molecule has 3 nitrogen and oxygen atoms in total. The minimum Gasteiger partial charge on any atom is -0.298 e. The van der Waals surface area contributed by atoms with Gasteiger partial charge in [-0.05, 0) is 49.9 Å². The summed E-state index contributed by atoms with van der Waals surface area (Å²) in [6.45, 7) is 7.44. The Balaban J connectivity index is 1.59. The molecular weight excluding hydrogens is 234 g/mol. The Morgan fingerprint density at radius 1 is 1.26 bits per heavy atom. The van der Waals surface area contributed by atoms with Crippen molar-refractivity contribution >= 4 is 0 Å². The molecule has 3 heterocycles. The Morgan fingerprint density at radius 2 is 2.11 bits per heavy atom. The minimum atomic E-state index is 0.760. The normalized spacial score (nSPS) is 28.5. The van der Waals surface area contributed by atoms with E-state index in [2.05, 4.69) is 33.8 Å². The van der Waals surface area contributed by atoms with Crippen LogP contribution in [0.2, 0.25) is 0 Å². The van der Waals surface area contributed by atoms with Crippen molar-refractivity contribution in [1.82, 2.24) is 14.8 Å². The molecule has 0 N–H and O–H groups in total. The molecule has 2 atom stereocenters. The Bertz CT molecular complexity index is 392. The Hall–Kier alpha value is -0.930. The first-order valence-electron chi connectivity index (χ1n) is 7.74. The molecular formula is C16H25N3. The van der Waals surface area contributed by atoms with Gasteiger partial charge in [-0.3, -0.25) is 14.8 Å². The van der Waals surface area contributed by atoms with Gasteiger partial charge in [0.25, 0.3) is 0 Å². The molecule has 2 aliphatic heterocycles. The average Bonchev–Trinajstić information content (AvgIpc) is 2.92. The maximum absolute atomic E-state index is 4.09. The number of piperazine rings is 1. The highest BCUT2D eigenvalue weighted by Gasteiger charge is 2.34. The lowest BCUT2D eigenvalue weighted by molar-refractivity contribution is 0.0501. The first kappa shape index (κ1) is 13.1. The second kappa shape index (κ2) is 6.02. The molecule has 2 fully saturated rings. The summed E-state index contributed by atoms with van der Waals surface area (Å²) in [5.41, 5.74) is 1.42. The summed E-state index contributed by atoms with van der Waals surface area (Å²) >= 11 is 0. The number of rotatable bonds is 4. The van der Waals surface area contributed by atoms with E-state index < -0.39 is 0 Å². The number of fused-ring (bicyclic) bond motifs is 1. The topological polar surface area (TPSA) is 19.4 Å². The number of pyridine rings is 1. The molecule has 0 spiro atoms. The van der Waals surface area contributed by atoms with Crippen molar-refractivity contribution in [2.45, 2.75) is 44.7 Å². The maximum Gasteiger partial charge on any atom is 0.0270 e. The van der Waals surface area contributed by atoms with Gasteiger partial charge in [-0.2, -0.15) is 0 Å². The molecule has 2 saturated heterocycles. The Kier molecular flexibility index (Phi) is 4.14. The monoisotopic (exact) mass is 259 g/mol. The first-order valence-corrected chi connectivity index (χ1v) is 7.74. The van der Waals surface area contributed by atoms with Crippen molar-refractivity contribution < 1.29 is 0 Å². The van der Waals surface area contributed by atoms with Crippen molar-refractivity contribution in [2.24, 2.45) is 0 Å². The fraction of sp³-hybridized carbons (Fsp3) is 0.688. The predicted molar refractivity (Wildman–Crippen MR) is 78.2 cm³/mol. The third-order valence-corrected chi connectivity index (χ3v) is 4.81. The summed E-state index contributed by atoms with van der Waals surface area (Å²) in [5.74, 6) is 0. The van der Waals surface area contributed by atoms with E-state index in [1.807, 2.05) is 12.4 Å². The van der Waals surface area contributed by atoms with Crippen LogP contribution in [-0.4, -0.2) is 53.0 Å². The van der Waals surface area contributed by atoms with Gasteiger partial charge in [0.05, 0.1) is 0 Å². The van der Waals surface area contributed by atoms with Gasteiger partial charge >= 0.3 is 0 Å². The summed E-state index contributed by atoms with van der Waals surface area (Å²) < 4.78 is 0. The van der Waals surface area contributed by atoms with Crippen molar-refractivity contribution in [3.63, 3.8) is 0 Å². The van der Waals surface area contributed by atoms with Crippen LogP contribution in [0, 0.1) is 0 Å². The summed E-state index contributed by atoms with van der Waals surface area (Å²) in [6.07, 6.45) is 9.05. The summed E-state index contributed by atoms with van der Waals surface area (Å²) in [5, 5.41) is 0. The van der Waals surface area contributed by atoms with Crippen LogP contribution in [0.3, 0.4) is 0 Å². The molecule has 0 saturated carbocycles. The van der Waals surface area contributed by atoms with Crippen LogP contribution in [-0.2, 0) is 6.42 Å². The van der Waals surface area contributed by atoms with Crippen molar-refractivity contribution in [3.05, 3.63) is 30.1 Å². The molecule has 1 aromatic heterocycles. The zero-order chi connectivity index (χ0) is 13.1. The largest absolute Gasteiger partial charge is 0.298 e. The highest BCUT2D eigenvalue weighted by molar-refractivity contribution is 5.10. The van der Waals surface area contributed by atoms with E-state index in [0.29, 0.717) is 0 Å². The van der Waals surface area contributed by atoms with Gasteiger partial charge in [-0.15, -0.1) is 0 Å². The summed E-state index contributed by atoms with van der Waals surface area (Å²) in [7, 11) is 0. The number of aromatic nitrogens is 1. The molecule has 3 heteroatoms. The Labute approximate surface area is 116 Å². The molecule has 0 aromatic carbocycles. The smallest absolute Gasteiger partial charge is 0.0270 e.